The number of esters is 1. The SMILES string of the molecule is CCOC(=O)C(NC(=O)c1ccc(C=Cc2nc3ccccc3s2)cc1)Oc1ccc(CCCS(=O)(=O)c2ccc(Cl)cc2)cc1. The molecule has 0 fully saturated rings. The number of fused-ring (bicyclic) bond motifs is 1. The molecular weight excluding hydrogens is 644 g/mol. The smallest absolute Gasteiger partial charge is 0.369 e. The number of nitrogens with one attached hydrogen (secondary N) is 1. The Labute approximate surface area is 276 Å². The van der Waals surface area contributed by atoms with Gasteiger partial charge >= 0.3 is 5.97 Å². The highest BCUT2D eigenvalue weighted by atomic mass is 35.5. The van der Waals surface area contributed by atoms with Crippen molar-refractivity contribution < 1.29 is 27.5 Å². The number of benzene rings is 4. The van der Waals surface area contributed by atoms with Crippen LogP contribution in [0.4, 0.5) is 0 Å². The molecule has 0 aliphatic carbocycles. The Morgan fingerprint density at radius 1 is 0.935 bits per heavy atom. The van der Waals surface area contributed by atoms with Gasteiger partial charge in [0.15, 0.2) is 9.84 Å². The second-order valence-corrected chi connectivity index (χ2v) is 13.8. The van der Waals surface area contributed by atoms with Crippen LogP contribution >= 0.6 is 22.9 Å². The van der Waals surface area contributed by atoms with Gasteiger partial charge in [0.25, 0.3) is 12.1 Å². The number of ether oxygens (including phenoxy) is 2. The predicted octanol–water partition coefficient (Wildman–Crippen LogP) is 7.22. The average Bonchev–Trinajstić information content (AvgIpc) is 3.48. The number of halogens is 1. The van der Waals surface area contributed by atoms with E-state index in [1.54, 1.807) is 78.9 Å². The van der Waals surface area contributed by atoms with Gasteiger partial charge in [-0.1, -0.05) is 54.1 Å². The zero-order valence-corrected chi connectivity index (χ0v) is 27.3. The van der Waals surface area contributed by atoms with Gasteiger partial charge in [0, 0.05) is 10.6 Å². The number of para-hydroxylation sites is 1. The Hall–Kier alpha value is -4.51. The molecule has 1 aromatic heterocycles. The first kappa shape index (κ1) is 32.9. The quantitative estimate of drug-likeness (QED) is 0.104. The van der Waals surface area contributed by atoms with Crippen molar-refractivity contribution in [2.45, 2.75) is 30.9 Å². The Kier molecular flexibility index (Phi) is 10.8. The van der Waals surface area contributed by atoms with Crippen LogP contribution in [0.5, 0.6) is 5.75 Å². The van der Waals surface area contributed by atoms with E-state index in [4.69, 9.17) is 21.1 Å². The fourth-order valence-electron chi connectivity index (χ4n) is 4.53. The average molecular weight is 675 g/mol. The van der Waals surface area contributed by atoms with Crippen molar-refractivity contribution >= 4 is 67.0 Å². The Balaban J connectivity index is 1.17. The summed E-state index contributed by atoms with van der Waals surface area (Å²) in [5.74, 6) is -0.906. The summed E-state index contributed by atoms with van der Waals surface area (Å²) in [6, 6.07) is 27.9. The molecule has 1 amide bonds. The number of carbonyl (C=O) groups is 2. The van der Waals surface area contributed by atoms with Gasteiger partial charge in [-0.2, -0.15) is 0 Å². The van der Waals surface area contributed by atoms with Crippen LogP contribution in [-0.2, 0) is 25.8 Å². The van der Waals surface area contributed by atoms with Gasteiger partial charge in [-0.25, -0.2) is 18.2 Å². The lowest BCUT2D eigenvalue weighted by molar-refractivity contribution is -0.152. The van der Waals surface area contributed by atoms with Crippen molar-refractivity contribution in [3.63, 3.8) is 0 Å². The molecule has 0 aliphatic heterocycles. The second kappa shape index (κ2) is 15.2. The minimum Gasteiger partial charge on any atom is -0.462 e. The summed E-state index contributed by atoms with van der Waals surface area (Å²) in [5, 5.41) is 3.97. The van der Waals surface area contributed by atoms with E-state index >= 15 is 0 Å². The molecule has 1 heterocycles. The summed E-state index contributed by atoms with van der Waals surface area (Å²) in [5.41, 5.74) is 3.08. The third-order valence-electron chi connectivity index (χ3n) is 6.89. The second-order valence-electron chi connectivity index (χ2n) is 10.2. The van der Waals surface area contributed by atoms with Gasteiger partial charge in [0.05, 0.1) is 27.5 Å². The molecule has 8 nitrogen and oxygen atoms in total. The van der Waals surface area contributed by atoms with E-state index in [9.17, 15) is 18.0 Å². The highest BCUT2D eigenvalue weighted by molar-refractivity contribution is 7.91. The Bertz CT molecular complexity index is 1910. The van der Waals surface area contributed by atoms with E-state index in [0.29, 0.717) is 29.2 Å². The fraction of sp³-hybridized carbons (Fsp3) is 0.171. The highest BCUT2D eigenvalue weighted by Crippen LogP contribution is 2.23. The summed E-state index contributed by atoms with van der Waals surface area (Å²) in [6.45, 7) is 1.78. The molecule has 1 N–H and O–H groups in total. The molecule has 5 aromatic rings. The number of hydrogen-bond acceptors (Lipinski definition) is 8. The van der Waals surface area contributed by atoms with Crippen LogP contribution in [0.2, 0.25) is 5.02 Å². The largest absolute Gasteiger partial charge is 0.462 e. The number of nitrogens with zero attached hydrogens (tertiary/aromatic N) is 1. The maximum absolute atomic E-state index is 13.0. The van der Waals surface area contributed by atoms with Crippen LogP contribution in [0.1, 0.15) is 39.8 Å². The van der Waals surface area contributed by atoms with E-state index in [0.717, 1.165) is 26.4 Å². The molecule has 11 heteroatoms. The number of thiazole rings is 1. The molecule has 0 saturated carbocycles. The van der Waals surface area contributed by atoms with E-state index in [1.165, 1.54) is 12.1 Å². The van der Waals surface area contributed by atoms with E-state index < -0.39 is 27.9 Å². The molecule has 0 aliphatic rings. The van der Waals surface area contributed by atoms with Gasteiger partial charge in [-0.05, 0) is 97.6 Å². The number of rotatable bonds is 13. The zero-order chi connectivity index (χ0) is 32.5. The van der Waals surface area contributed by atoms with Crippen LogP contribution in [-0.4, -0.2) is 43.9 Å². The molecule has 5 rings (SSSR count). The van der Waals surface area contributed by atoms with Gasteiger partial charge in [0.2, 0.25) is 0 Å². The Morgan fingerprint density at radius 3 is 2.35 bits per heavy atom. The van der Waals surface area contributed by atoms with E-state index in [1.807, 2.05) is 36.4 Å². The van der Waals surface area contributed by atoms with Gasteiger partial charge in [-0.15, -0.1) is 11.3 Å². The standard InChI is InChI=1S/C35H31ClN2O6S2/c1-2-43-35(40)34(44-28-18-11-24(12-19-28)6-5-23-46(41,42)29-20-16-27(36)17-21-29)38-33(39)26-14-9-25(10-15-26)13-22-32-37-30-7-3-4-8-31(30)45-32/h3-4,7-22,34H,2,5-6,23H2,1H3,(H,38,39). The van der Waals surface area contributed by atoms with E-state index in [-0.39, 0.29) is 17.3 Å². The first-order valence-electron chi connectivity index (χ1n) is 14.6. The lowest BCUT2D eigenvalue weighted by Gasteiger charge is -2.19. The summed E-state index contributed by atoms with van der Waals surface area (Å²) in [4.78, 5) is 30.5. The van der Waals surface area contributed by atoms with Crippen LogP contribution < -0.4 is 10.1 Å². The maximum atomic E-state index is 13.0. The minimum atomic E-state index is -3.42. The Morgan fingerprint density at radius 2 is 1.65 bits per heavy atom. The molecule has 0 saturated heterocycles. The predicted molar refractivity (Wildman–Crippen MR) is 182 cm³/mol. The van der Waals surface area contributed by atoms with Crippen molar-refractivity contribution in [2.24, 2.45) is 0 Å². The number of aryl methyl sites for hydroxylation is 1. The first-order chi connectivity index (χ1) is 22.2. The summed E-state index contributed by atoms with van der Waals surface area (Å²) in [7, 11) is -3.42. The van der Waals surface area contributed by atoms with Crippen molar-refractivity contribution in [3.8, 4) is 5.75 Å². The fourth-order valence-corrected chi connectivity index (χ4v) is 6.84. The van der Waals surface area contributed by atoms with Gasteiger partial charge in [0.1, 0.15) is 10.8 Å². The lowest BCUT2D eigenvalue weighted by Crippen LogP contribution is -2.46. The lowest BCUT2D eigenvalue weighted by atomic mass is 10.1. The van der Waals surface area contributed by atoms with E-state index in [2.05, 4.69) is 10.3 Å². The monoisotopic (exact) mass is 674 g/mol. The first-order valence-corrected chi connectivity index (χ1v) is 17.4. The molecule has 1 unspecified atom stereocenters. The number of sulfone groups is 1. The topological polar surface area (TPSA) is 112 Å². The number of hydrogen-bond donors (Lipinski definition) is 1. The molecular formula is C35H31ClN2O6S2. The molecule has 46 heavy (non-hydrogen) atoms. The van der Waals surface area contributed by atoms with Crippen molar-refractivity contribution in [1.29, 1.82) is 0 Å². The van der Waals surface area contributed by atoms with Crippen LogP contribution in [0.25, 0.3) is 22.4 Å². The zero-order valence-electron chi connectivity index (χ0n) is 24.9. The van der Waals surface area contributed by atoms with Crippen LogP contribution in [0.3, 0.4) is 0 Å². The van der Waals surface area contributed by atoms with Crippen molar-refractivity contribution in [1.82, 2.24) is 10.3 Å². The van der Waals surface area contributed by atoms with Gasteiger partial charge in [-0.3, -0.25) is 4.79 Å². The summed E-state index contributed by atoms with van der Waals surface area (Å²) >= 11 is 7.46. The number of amides is 1. The van der Waals surface area contributed by atoms with Gasteiger partial charge < -0.3 is 14.8 Å². The highest BCUT2D eigenvalue weighted by Gasteiger charge is 2.25. The van der Waals surface area contributed by atoms with Crippen molar-refractivity contribution in [3.05, 3.63) is 124 Å². The maximum Gasteiger partial charge on any atom is 0.369 e. The number of carbonyl (C=O) groups excluding carboxylic acids is 2. The summed E-state index contributed by atoms with van der Waals surface area (Å²) < 4.78 is 37.2. The van der Waals surface area contributed by atoms with Crippen LogP contribution in [0.15, 0.2) is 102 Å². The third-order valence-corrected chi connectivity index (χ3v) is 9.96. The number of aromatic nitrogens is 1. The normalized spacial score (nSPS) is 12.2. The molecule has 0 spiro atoms. The molecule has 4 aromatic carbocycles. The summed E-state index contributed by atoms with van der Waals surface area (Å²) in [6.07, 6.45) is 3.42. The van der Waals surface area contributed by atoms with Crippen molar-refractivity contribution in [2.75, 3.05) is 12.4 Å². The molecule has 1 atom stereocenters. The third kappa shape index (κ3) is 8.81. The molecule has 0 radical (unpaired) electrons. The molecule has 236 valence electrons. The molecule has 0 bridgehead atoms. The van der Waals surface area contributed by atoms with Crippen LogP contribution in [0, 0.1) is 0 Å². The minimum absolute atomic E-state index is 0.00965.